The Morgan fingerprint density at radius 1 is 0.674 bits per heavy atom. The highest BCUT2D eigenvalue weighted by Crippen LogP contribution is 2.56. The average molecular weight is 601 g/mol. The highest BCUT2D eigenvalue weighted by atomic mass is 16.6. The van der Waals surface area contributed by atoms with Crippen LogP contribution < -0.4 is 0 Å². The number of rotatable bonds is 8. The molecule has 6 aliphatic rings. The van der Waals surface area contributed by atoms with Crippen LogP contribution in [-0.2, 0) is 33.3 Å². The van der Waals surface area contributed by atoms with E-state index in [1.165, 1.54) is 70.3 Å². The van der Waals surface area contributed by atoms with Crippen molar-refractivity contribution in [2.45, 2.75) is 134 Å². The highest BCUT2D eigenvalue weighted by Gasteiger charge is 2.53. The Labute approximate surface area is 259 Å². The summed E-state index contributed by atoms with van der Waals surface area (Å²) in [7, 11) is 0. The summed E-state index contributed by atoms with van der Waals surface area (Å²) >= 11 is 0. The summed E-state index contributed by atoms with van der Waals surface area (Å²) in [5, 5.41) is 0. The molecule has 6 rings (SSSR count). The van der Waals surface area contributed by atoms with E-state index in [0.717, 1.165) is 62.2 Å². The van der Waals surface area contributed by atoms with Crippen LogP contribution in [0, 0.1) is 41.4 Å². The van der Waals surface area contributed by atoms with E-state index in [-0.39, 0.29) is 36.3 Å². The normalized spacial score (nSPS) is 41.4. The van der Waals surface area contributed by atoms with Gasteiger partial charge in [0, 0.05) is 12.5 Å². The number of esters is 2. The summed E-state index contributed by atoms with van der Waals surface area (Å²) in [6, 6.07) is 0. The van der Waals surface area contributed by atoms with Crippen molar-refractivity contribution in [3.63, 3.8) is 0 Å². The van der Waals surface area contributed by atoms with E-state index in [0.29, 0.717) is 44.7 Å². The molecule has 1 heterocycles. The number of carbonyl (C=O) groups excluding carboxylic acids is 2. The Morgan fingerprint density at radius 3 is 1.84 bits per heavy atom. The lowest BCUT2D eigenvalue weighted by Gasteiger charge is -2.55. The Hall–Kier alpha value is -1.44. The van der Waals surface area contributed by atoms with Gasteiger partial charge in [0.2, 0.25) is 0 Å². The van der Waals surface area contributed by atoms with Crippen molar-refractivity contribution in [1.82, 2.24) is 0 Å². The van der Waals surface area contributed by atoms with Gasteiger partial charge in [0.05, 0.1) is 50.7 Å². The molecule has 0 amide bonds. The standard InChI is InChI=1S/C36H56O7/c1-2-33(37)40-21-7-20-39-27-16-12-26(13-17-27)36(38)43-28-22-41-31-18-14-24-8-3-5-10-29(24)34(31)35-30-11-6-4-9-25(30)15-19-32(35)42-23-28/h2,24-32,34-35H,1,3-23H2. The number of hydrogen-bond acceptors (Lipinski definition) is 7. The fourth-order valence-corrected chi connectivity index (χ4v) is 10.2. The van der Waals surface area contributed by atoms with Crippen LogP contribution in [0.5, 0.6) is 0 Å². The minimum absolute atomic E-state index is 0.0862. The Bertz CT molecular complexity index is 887. The summed E-state index contributed by atoms with van der Waals surface area (Å²) < 4.78 is 30.9. The first-order valence-corrected chi connectivity index (χ1v) is 17.9. The van der Waals surface area contributed by atoms with Crippen LogP contribution in [0.25, 0.3) is 0 Å². The van der Waals surface area contributed by atoms with Crippen molar-refractivity contribution in [1.29, 1.82) is 0 Å². The van der Waals surface area contributed by atoms with E-state index in [2.05, 4.69) is 6.58 Å². The van der Waals surface area contributed by atoms with Gasteiger partial charge in [-0.3, -0.25) is 4.79 Å². The van der Waals surface area contributed by atoms with Gasteiger partial charge in [-0.25, -0.2) is 4.79 Å². The van der Waals surface area contributed by atoms with Gasteiger partial charge >= 0.3 is 11.9 Å². The molecular weight excluding hydrogens is 544 g/mol. The third-order valence-electron chi connectivity index (χ3n) is 12.2. The third kappa shape index (κ3) is 7.69. The van der Waals surface area contributed by atoms with Crippen LogP contribution >= 0.6 is 0 Å². The smallest absolute Gasteiger partial charge is 0.330 e. The largest absolute Gasteiger partial charge is 0.462 e. The van der Waals surface area contributed by atoms with E-state index in [1.807, 2.05) is 0 Å². The zero-order valence-corrected chi connectivity index (χ0v) is 26.3. The summed E-state index contributed by atoms with van der Waals surface area (Å²) in [5.74, 6) is 3.93. The minimum Gasteiger partial charge on any atom is -0.462 e. The summed E-state index contributed by atoms with van der Waals surface area (Å²) in [4.78, 5) is 24.5. The molecule has 1 saturated heterocycles. The maximum Gasteiger partial charge on any atom is 0.330 e. The van der Waals surface area contributed by atoms with Crippen LogP contribution in [0.4, 0.5) is 0 Å². The third-order valence-corrected chi connectivity index (χ3v) is 12.2. The molecule has 0 spiro atoms. The van der Waals surface area contributed by atoms with Crippen molar-refractivity contribution >= 4 is 11.9 Å². The molecular formula is C36H56O7. The Balaban J connectivity index is 1.04. The molecule has 8 atom stereocenters. The quantitative estimate of drug-likeness (QED) is 0.172. The molecule has 6 fully saturated rings. The van der Waals surface area contributed by atoms with Gasteiger partial charge < -0.3 is 23.7 Å². The van der Waals surface area contributed by atoms with Crippen LogP contribution in [0.2, 0.25) is 0 Å². The first-order chi connectivity index (χ1) is 21.1. The molecule has 7 nitrogen and oxygen atoms in total. The van der Waals surface area contributed by atoms with Gasteiger partial charge in [-0.05, 0) is 99.7 Å². The second-order valence-corrected chi connectivity index (χ2v) is 14.6. The predicted octanol–water partition coefficient (Wildman–Crippen LogP) is 6.81. The molecule has 8 unspecified atom stereocenters. The minimum atomic E-state index is -0.400. The van der Waals surface area contributed by atoms with Crippen molar-refractivity contribution < 1.29 is 33.3 Å². The van der Waals surface area contributed by atoms with E-state index >= 15 is 0 Å². The van der Waals surface area contributed by atoms with Gasteiger partial charge in [-0.1, -0.05) is 45.1 Å². The SMILES string of the molecule is C=CC(=O)OCCCOC1CCC(C(=O)OC2COC3CCC4CCCCC4C3C3C(CCC4CCCCC43)OC2)CC1. The Morgan fingerprint density at radius 2 is 1.26 bits per heavy atom. The molecule has 0 aromatic rings. The maximum atomic E-state index is 13.4. The van der Waals surface area contributed by atoms with E-state index in [1.54, 1.807) is 0 Å². The second-order valence-electron chi connectivity index (χ2n) is 14.6. The van der Waals surface area contributed by atoms with Crippen LogP contribution in [0.15, 0.2) is 12.7 Å². The molecule has 0 N–H and O–H groups in total. The van der Waals surface area contributed by atoms with E-state index in [4.69, 9.17) is 23.7 Å². The molecule has 1 aliphatic heterocycles. The molecule has 0 aromatic carbocycles. The van der Waals surface area contributed by atoms with Crippen LogP contribution in [0.1, 0.15) is 109 Å². The molecule has 0 aromatic heterocycles. The van der Waals surface area contributed by atoms with Gasteiger partial charge in [-0.15, -0.1) is 0 Å². The lowest BCUT2D eigenvalue weighted by Crippen LogP contribution is -2.53. The van der Waals surface area contributed by atoms with Gasteiger partial charge in [0.15, 0.2) is 0 Å². The summed E-state index contributed by atoms with van der Waals surface area (Å²) in [6.45, 7) is 5.22. The fraction of sp³-hybridized carbons (Fsp3) is 0.889. The maximum absolute atomic E-state index is 13.4. The van der Waals surface area contributed by atoms with Crippen LogP contribution in [0.3, 0.4) is 0 Å². The Kier molecular flexibility index (Phi) is 11.2. The molecule has 242 valence electrons. The highest BCUT2D eigenvalue weighted by molar-refractivity contribution is 5.81. The molecule has 7 heteroatoms. The monoisotopic (exact) mass is 600 g/mol. The fourth-order valence-electron chi connectivity index (χ4n) is 10.2. The van der Waals surface area contributed by atoms with Crippen molar-refractivity contribution in [2.75, 3.05) is 26.4 Å². The van der Waals surface area contributed by atoms with Crippen molar-refractivity contribution in [3.05, 3.63) is 12.7 Å². The first-order valence-electron chi connectivity index (χ1n) is 17.9. The number of carbonyl (C=O) groups is 2. The number of hydrogen-bond donors (Lipinski definition) is 0. The molecule has 5 saturated carbocycles. The molecule has 43 heavy (non-hydrogen) atoms. The van der Waals surface area contributed by atoms with Gasteiger partial charge in [0.25, 0.3) is 0 Å². The number of fused-ring (bicyclic) bond motifs is 7. The predicted molar refractivity (Wildman–Crippen MR) is 163 cm³/mol. The lowest BCUT2D eigenvalue weighted by atomic mass is 9.53. The van der Waals surface area contributed by atoms with E-state index in [9.17, 15) is 9.59 Å². The van der Waals surface area contributed by atoms with Crippen LogP contribution in [-0.4, -0.2) is 62.8 Å². The first kappa shape index (κ1) is 31.5. The lowest BCUT2D eigenvalue weighted by molar-refractivity contribution is -0.166. The average Bonchev–Trinajstić information content (AvgIpc) is 3.12. The zero-order chi connectivity index (χ0) is 29.6. The molecule has 0 radical (unpaired) electrons. The van der Waals surface area contributed by atoms with Gasteiger partial charge in [-0.2, -0.15) is 0 Å². The zero-order valence-electron chi connectivity index (χ0n) is 26.3. The second kappa shape index (κ2) is 15.2. The van der Waals surface area contributed by atoms with Crippen molar-refractivity contribution in [2.24, 2.45) is 41.4 Å². The van der Waals surface area contributed by atoms with E-state index < -0.39 is 5.97 Å². The molecule has 0 bridgehead atoms. The molecule has 5 aliphatic carbocycles. The van der Waals surface area contributed by atoms with Gasteiger partial charge in [0.1, 0.15) is 6.10 Å². The number of ether oxygens (including phenoxy) is 5. The summed E-state index contributed by atoms with van der Waals surface area (Å²) in [5.41, 5.74) is 0. The van der Waals surface area contributed by atoms with Crippen molar-refractivity contribution in [3.8, 4) is 0 Å². The topological polar surface area (TPSA) is 80.3 Å². The summed E-state index contributed by atoms with van der Waals surface area (Å²) in [6.07, 6.45) is 21.5.